The summed E-state index contributed by atoms with van der Waals surface area (Å²) in [6, 6.07) is 2.11. The smallest absolute Gasteiger partial charge is 0.198 e. The third kappa shape index (κ3) is 2.08. The summed E-state index contributed by atoms with van der Waals surface area (Å²) in [4.78, 5) is 3.72. The predicted molar refractivity (Wildman–Crippen MR) is 63.5 cm³/mol. The molecule has 6 nitrogen and oxygen atoms in total. The Bertz CT molecular complexity index is 736. The third-order valence-corrected chi connectivity index (χ3v) is 3.39. The van der Waals surface area contributed by atoms with Crippen molar-refractivity contribution in [1.29, 1.82) is 0 Å². The molecule has 0 bridgehead atoms. The number of hydrogen-bond donors (Lipinski definition) is 1. The Morgan fingerprint density at radius 3 is 2.63 bits per heavy atom. The highest BCUT2D eigenvalue weighted by molar-refractivity contribution is 7.99. The predicted octanol–water partition coefficient (Wildman–Crippen LogP) is 1.53. The largest absolute Gasteiger partial charge is 0.399 e. The highest BCUT2D eigenvalue weighted by atomic mass is 32.2. The normalized spacial score (nSPS) is 11.1. The molecule has 2 heterocycles. The first-order valence-corrected chi connectivity index (χ1v) is 5.91. The summed E-state index contributed by atoms with van der Waals surface area (Å²) in [6.45, 7) is 0. The zero-order valence-electron chi connectivity index (χ0n) is 9.29. The van der Waals surface area contributed by atoms with E-state index in [0.29, 0.717) is 10.7 Å². The van der Waals surface area contributed by atoms with Crippen molar-refractivity contribution in [1.82, 2.24) is 25.0 Å². The van der Waals surface area contributed by atoms with Crippen molar-refractivity contribution >= 4 is 23.1 Å². The Morgan fingerprint density at radius 1 is 1.16 bits per heavy atom. The number of nitrogens with two attached hydrogens (primary N) is 1. The maximum absolute atomic E-state index is 13.7. The molecule has 0 fully saturated rings. The third-order valence-electron chi connectivity index (χ3n) is 2.30. The Hall–Kier alpha value is -2.29. The van der Waals surface area contributed by atoms with E-state index in [1.165, 1.54) is 16.9 Å². The van der Waals surface area contributed by atoms with E-state index in [9.17, 15) is 8.78 Å². The number of benzene rings is 1. The minimum Gasteiger partial charge on any atom is -0.399 e. The van der Waals surface area contributed by atoms with Crippen LogP contribution in [-0.4, -0.2) is 25.0 Å². The molecule has 2 N–H and O–H groups in total. The van der Waals surface area contributed by atoms with Crippen LogP contribution in [0.2, 0.25) is 0 Å². The number of nitrogens with zero attached hydrogens (tertiary/aromatic N) is 5. The highest BCUT2D eigenvalue weighted by Gasteiger charge is 2.14. The van der Waals surface area contributed by atoms with Gasteiger partial charge in [0, 0.05) is 5.69 Å². The molecule has 1 aromatic carbocycles. The molecular weight excluding hydrogens is 274 g/mol. The lowest BCUT2D eigenvalue weighted by molar-refractivity contribution is 0.541. The Balaban J connectivity index is 2.09. The first-order chi connectivity index (χ1) is 9.15. The Morgan fingerprint density at radius 2 is 1.89 bits per heavy atom. The standard InChI is InChI=1S/C10H6F2N6S/c11-6-1-5(13)2-7(12)10(6)19-9-4-14-3-8-15-16-17-18(8)9/h1-4H,13H2. The van der Waals surface area contributed by atoms with Gasteiger partial charge >= 0.3 is 0 Å². The quantitative estimate of drug-likeness (QED) is 0.717. The molecule has 0 aliphatic heterocycles. The van der Waals surface area contributed by atoms with Gasteiger partial charge in [0.15, 0.2) is 5.65 Å². The molecule has 2 aromatic heterocycles. The first kappa shape index (κ1) is 11.8. The van der Waals surface area contributed by atoms with E-state index in [-0.39, 0.29) is 10.6 Å². The van der Waals surface area contributed by atoms with Crippen LogP contribution in [0.3, 0.4) is 0 Å². The fourth-order valence-electron chi connectivity index (χ4n) is 1.51. The number of tetrazole rings is 1. The van der Waals surface area contributed by atoms with Crippen molar-refractivity contribution in [2.24, 2.45) is 0 Å². The van der Waals surface area contributed by atoms with Crippen LogP contribution in [0.15, 0.2) is 34.4 Å². The molecule has 0 saturated heterocycles. The second-order valence-electron chi connectivity index (χ2n) is 3.61. The summed E-state index contributed by atoms with van der Waals surface area (Å²) in [6.07, 6.45) is 2.86. The van der Waals surface area contributed by atoms with Gasteiger partial charge in [0.1, 0.15) is 16.7 Å². The number of rotatable bonds is 2. The van der Waals surface area contributed by atoms with Gasteiger partial charge in [-0.15, -0.1) is 5.10 Å². The molecule has 0 aliphatic carbocycles. The number of nitrogen functional groups attached to an aromatic ring is 1. The van der Waals surface area contributed by atoms with Gasteiger partial charge in [-0.25, -0.2) is 8.78 Å². The van der Waals surface area contributed by atoms with Crippen molar-refractivity contribution in [3.05, 3.63) is 36.2 Å². The van der Waals surface area contributed by atoms with E-state index in [0.717, 1.165) is 23.9 Å². The van der Waals surface area contributed by atoms with Crippen LogP contribution in [0.5, 0.6) is 0 Å². The minimum atomic E-state index is -0.743. The van der Waals surface area contributed by atoms with Gasteiger partial charge in [-0.3, -0.25) is 4.98 Å². The number of fused-ring (bicyclic) bond motifs is 1. The Kier molecular flexibility index (Phi) is 2.75. The maximum atomic E-state index is 13.7. The number of aromatic nitrogens is 5. The van der Waals surface area contributed by atoms with Gasteiger partial charge in [-0.2, -0.15) is 4.52 Å². The zero-order chi connectivity index (χ0) is 13.4. The van der Waals surface area contributed by atoms with E-state index in [4.69, 9.17) is 5.73 Å². The molecule has 19 heavy (non-hydrogen) atoms. The monoisotopic (exact) mass is 280 g/mol. The SMILES string of the molecule is Nc1cc(F)c(Sc2cncc3nnnn23)c(F)c1. The minimum absolute atomic E-state index is 0.0260. The maximum Gasteiger partial charge on any atom is 0.198 e. The van der Waals surface area contributed by atoms with Gasteiger partial charge < -0.3 is 5.73 Å². The summed E-state index contributed by atoms with van der Waals surface area (Å²) in [5, 5.41) is 11.3. The molecule has 3 aromatic rings. The van der Waals surface area contributed by atoms with Crippen LogP contribution < -0.4 is 5.73 Å². The van der Waals surface area contributed by atoms with E-state index in [1.807, 2.05) is 0 Å². The van der Waals surface area contributed by atoms with Crippen molar-refractivity contribution in [2.75, 3.05) is 5.73 Å². The first-order valence-electron chi connectivity index (χ1n) is 5.09. The summed E-state index contributed by atoms with van der Waals surface area (Å²) in [5.41, 5.74) is 5.77. The molecule has 96 valence electrons. The second-order valence-corrected chi connectivity index (χ2v) is 4.64. The second kappa shape index (κ2) is 4.43. The van der Waals surface area contributed by atoms with Gasteiger partial charge in [-0.1, -0.05) is 11.8 Å². The van der Waals surface area contributed by atoms with Crippen LogP contribution in [0.1, 0.15) is 0 Å². The molecule has 0 saturated carbocycles. The van der Waals surface area contributed by atoms with Crippen molar-refractivity contribution in [2.45, 2.75) is 9.92 Å². The van der Waals surface area contributed by atoms with Crippen molar-refractivity contribution in [3.63, 3.8) is 0 Å². The molecule has 9 heteroatoms. The molecule has 0 atom stereocenters. The topological polar surface area (TPSA) is 82.0 Å². The highest BCUT2D eigenvalue weighted by Crippen LogP contribution is 2.32. The Labute approximate surface area is 109 Å². The fraction of sp³-hybridized carbons (Fsp3) is 0. The molecule has 0 radical (unpaired) electrons. The molecular formula is C10H6F2N6S. The summed E-state index contributed by atoms with van der Waals surface area (Å²) < 4.78 is 28.7. The van der Waals surface area contributed by atoms with Crippen molar-refractivity contribution < 1.29 is 8.78 Å². The van der Waals surface area contributed by atoms with Crippen LogP contribution >= 0.6 is 11.8 Å². The van der Waals surface area contributed by atoms with Gasteiger partial charge in [0.05, 0.1) is 17.3 Å². The number of anilines is 1. The number of hydrogen-bond acceptors (Lipinski definition) is 6. The van der Waals surface area contributed by atoms with Crippen LogP contribution in [0.25, 0.3) is 5.65 Å². The zero-order valence-corrected chi connectivity index (χ0v) is 10.1. The van der Waals surface area contributed by atoms with E-state index < -0.39 is 11.6 Å². The van der Waals surface area contributed by atoms with E-state index >= 15 is 0 Å². The average Bonchev–Trinajstić information content (AvgIpc) is 2.82. The molecule has 0 amide bonds. The van der Waals surface area contributed by atoms with Gasteiger partial charge in [0.2, 0.25) is 0 Å². The van der Waals surface area contributed by atoms with Gasteiger partial charge in [-0.05, 0) is 22.6 Å². The van der Waals surface area contributed by atoms with E-state index in [1.54, 1.807) is 0 Å². The lowest BCUT2D eigenvalue weighted by atomic mass is 10.3. The fourth-order valence-corrected chi connectivity index (χ4v) is 2.36. The van der Waals surface area contributed by atoms with Crippen molar-refractivity contribution in [3.8, 4) is 0 Å². The van der Waals surface area contributed by atoms with Gasteiger partial charge in [0.25, 0.3) is 0 Å². The summed E-state index contributed by atoms with van der Waals surface area (Å²) >= 11 is 0.836. The summed E-state index contributed by atoms with van der Waals surface area (Å²) in [5.74, 6) is -1.49. The lowest BCUT2D eigenvalue weighted by Gasteiger charge is -2.06. The molecule has 3 rings (SSSR count). The molecule has 0 aliphatic rings. The number of halogens is 2. The average molecular weight is 280 g/mol. The molecule has 0 spiro atoms. The van der Waals surface area contributed by atoms with Crippen LogP contribution in [0.4, 0.5) is 14.5 Å². The summed E-state index contributed by atoms with van der Waals surface area (Å²) in [7, 11) is 0. The van der Waals surface area contributed by atoms with Crippen LogP contribution in [0, 0.1) is 11.6 Å². The van der Waals surface area contributed by atoms with E-state index in [2.05, 4.69) is 20.5 Å². The molecule has 0 unspecified atom stereocenters. The lowest BCUT2D eigenvalue weighted by Crippen LogP contribution is -1.97. The van der Waals surface area contributed by atoms with Crippen LogP contribution in [-0.2, 0) is 0 Å².